The summed E-state index contributed by atoms with van der Waals surface area (Å²) in [4.78, 5) is 0.377. The van der Waals surface area contributed by atoms with Gasteiger partial charge >= 0.3 is 0 Å². The van der Waals surface area contributed by atoms with Gasteiger partial charge in [-0.25, -0.2) is 8.42 Å². The van der Waals surface area contributed by atoms with E-state index < -0.39 is 10.0 Å². The van der Waals surface area contributed by atoms with Crippen molar-refractivity contribution in [3.63, 3.8) is 0 Å². The summed E-state index contributed by atoms with van der Waals surface area (Å²) < 4.78 is 29.0. The number of benzene rings is 1. The number of hydrogen-bond donors (Lipinski definition) is 0. The highest BCUT2D eigenvalue weighted by molar-refractivity contribution is 9.11. The quantitative estimate of drug-likeness (QED) is 0.694. The molecule has 0 aromatic heterocycles. The maximum Gasteiger partial charge on any atom is 0.244 e. The van der Waals surface area contributed by atoms with Crippen LogP contribution in [-0.4, -0.2) is 25.8 Å². The second-order valence-electron chi connectivity index (χ2n) is 5.78. The van der Waals surface area contributed by atoms with E-state index >= 15 is 0 Å². The summed E-state index contributed by atoms with van der Waals surface area (Å²) >= 11 is 6.74. The zero-order chi connectivity index (χ0) is 14.3. The highest BCUT2D eigenvalue weighted by Crippen LogP contribution is 2.37. The number of halogens is 2. The molecule has 0 spiro atoms. The van der Waals surface area contributed by atoms with Gasteiger partial charge in [0.2, 0.25) is 10.0 Å². The smallest absolute Gasteiger partial charge is 0.207 e. The molecule has 0 unspecified atom stereocenters. The van der Waals surface area contributed by atoms with Crippen molar-refractivity contribution in [1.82, 2.24) is 4.31 Å². The molecule has 2 saturated carbocycles. The molecular weight excluding hydrogens is 406 g/mol. The topological polar surface area (TPSA) is 37.4 Å². The first kappa shape index (κ1) is 15.0. The third-order valence-corrected chi connectivity index (χ3v) is 7.13. The van der Waals surface area contributed by atoms with E-state index in [4.69, 9.17) is 0 Å². The Morgan fingerprint density at radius 2 is 1.60 bits per heavy atom. The molecule has 0 heterocycles. The van der Waals surface area contributed by atoms with E-state index in [0.29, 0.717) is 34.3 Å². The Morgan fingerprint density at radius 3 is 2.05 bits per heavy atom. The highest BCUT2D eigenvalue weighted by atomic mass is 79.9. The average molecular weight is 423 g/mol. The SMILES string of the molecule is O=S(=O)(c1ccc(Br)cc1Br)N(CC1CC1)CC1CC1. The van der Waals surface area contributed by atoms with Crippen molar-refractivity contribution in [2.45, 2.75) is 30.6 Å². The summed E-state index contributed by atoms with van der Waals surface area (Å²) in [6.07, 6.45) is 4.66. The van der Waals surface area contributed by atoms with Gasteiger partial charge in [0.25, 0.3) is 0 Å². The maximum atomic E-state index is 12.9. The molecular formula is C14H17Br2NO2S. The number of sulfonamides is 1. The van der Waals surface area contributed by atoms with Crippen LogP contribution in [0.25, 0.3) is 0 Å². The van der Waals surface area contributed by atoms with Crippen molar-refractivity contribution in [3.05, 3.63) is 27.1 Å². The lowest BCUT2D eigenvalue weighted by Crippen LogP contribution is -2.35. The molecule has 0 atom stereocenters. The molecule has 2 fully saturated rings. The van der Waals surface area contributed by atoms with E-state index in [1.807, 2.05) is 0 Å². The summed E-state index contributed by atoms with van der Waals surface area (Å²) in [5.41, 5.74) is 0. The van der Waals surface area contributed by atoms with Gasteiger partial charge in [-0.3, -0.25) is 0 Å². The van der Waals surface area contributed by atoms with Gasteiger partial charge in [0.05, 0.1) is 4.90 Å². The molecule has 2 aliphatic rings. The predicted molar refractivity (Wildman–Crippen MR) is 86.0 cm³/mol. The lowest BCUT2D eigenvalue weighted by molar-refractivity contribution is 0.382. The van der Waals surface area contributed by atoms with Gasteiger partial charge in [-0.15, -0.1) is 0 Å². The van der Waals surface area contributed by atoms with Gasteiger partial charge in [-0.05, 0) is 71.6 Å². The molecule has 20 heavy (non-hydrogen) atoms. The fraction of sp³-hybridized carbons (Fsp3) is 0.571. The minimum absolute atomic E-state index is 0.377. The zero-order valence-corrected chi connectivity index (χ0v) is 15.0. The average Bonchev–Trinajstić information content (AvgIpc) is 3.22. The van der Waals surface area contributed by atoms with Gasteiger partial charge in [-0.2, -0.15) is 4.31 Å². The van der Waals surface area contributed by atoms with Crippen molar-refractivity contribution in [3.8, 4) is 0 Å². The lowest BCUT2D eigenvalue weighted by atomic mass is 10.4. The molecule has 110 valence electrons. The molecule has 0 amide bonds. The Bertz CT molecular complexity index is 596. The van der Waals surface area contributed by atoms with Gasteiger partial charge in [0.1, 0.15) is 0 Å². The normalized spacial score (nSPS) is 19.6. The first-order valence-corrected chi connectivity index (χ1v) is 9.94. The summed E-state index contributed by atoms with van der Waals surface area (Å²) in [5.74, 6) is 1.13. The number of nitrogens with zero attached hydrogens (tertiary/aromatic N) is 1. The monoisotopic (exact) mass is 421 g/mol. The lowest BCUT2D eigenvalue weighted by Gasteiger charge is -2.22. The van der Waals surface area contributed by atoms with Crippen molar-refractivity contribution >= 4 is 41.9 Å². The minimum atomic E-state index is -3.39. The van der Waals surface area contributed by atoms with Crippen LogP contribution >= 0.6 is 31.9 Å². The van der Waals surface area contributed by atoms with Gasteiger partial charge in [0, 0.05) is 22.0 Å². The molecule has 3 nitrogen and oxygen atoms in total. The summed E-state index contributed by atoms with van der Waals surface area (Å²) in [7, 11) is -3.39. The van der Waals surface area contributed by atoms with Crippen LogP contribution in [0.1, 0.15) is 25.7 Å². The zero-order valence-electron chi connectivity index (χ0n) is 11.1. The van der Waals surface area contributed by atoms with Gasteiger partial charge in [-0.1, -0.05) is 15.9 Å². The third-order valence-electron chi connectivity index (χ3n) is 3.83. The Kier molecular flexibility index (Phi) is 4.28. The standard InChI is InChI=1S/C14H17Br2NO2S/c15-12-5-6-14(13(16)7-12)20(18,19)17(8-10-1-2-10)9-11-3-4-11/h5-7,10-11H,1-4,8-9H2. The Labute approximate surface area is 137 Å². The van der Waals surface area contributed by atoms with Crippen molar-refractivity contribution in [1.29, 1.82) is 0 Å². The van der Waals surface area contributed by atoms with Crippen LogP contribution in [0.5, 0.6) is 0 Å². The molecule has 0 N–H and O–H groups in total. The summed E-state index contributed by atoms with van der Waals surface area (Å²) in [6, 6.07) is 5.25. The maximum absolute atomic E-state index is 12.9. The van der Waals surface area contributed by atoms with E-state index in [-0.39, 0.29) is 0 Å². The second-order valence-corrected chi connectivity index (χ2v) is 9.46. The molecule has 1 aromatic carbocycles. The first-order valence-electron chi connectivity index (χ1n) is 6.92. The van der Waals surface area contributed by atoms with E-state index in [1.165, 1.54) is 0 Å². The number of hydrogen-bond acceptors (Lipinski definition) is 2. The first-order chi connectivity index (χ1) is 9.46. The Hall–Kier alpha value is 0.0900. The van der Waals surface area contributed by atoms with Crippen molar-refractivity contribution in [2.24, 2.45) is 11.8 Å². The molecule has 0 saturated heterocycles. The Morgan fingerprint density at radius 1 is 1.05 bits per heavy atom. The summed E-state index contributed by atoms with van der Waals surface area (Å²) in [6.45, 7) is 1.36. The van der Waals surface area contributed by atoms with Crippen LogP contribution in [-0.2, 0) is 10.0 Å². The Balaban J connectivity index is 1.89. The van der Waals surface area contributed by atoms with Crippen molar-refractivity contribution in [2.75, 3.05) is 13.1 Å². The van der Waals surface area contributed by atoms with Crippen LogP contribution in [0.4, 0.5) is 0 Å². The molecule has 3 rings (SSSR count). The third kappa shape index (κ3) is 3.46. The van der Waals surface area contributed by atoms with Gasteiger partial charge < -0.3 is 0 Å². The van der Waals surface area contributed by atoms with Crippen LogP contribution in [0, 0.1) is 11.8 Å². The molecule has 1 aromatic rings. The van der Waals surface area contributed by atoms with Crippen molar-refractivity contribution < 1.29 is 8.42 Å². The van der Waals surface area contributed by atoms with E-state index in [2.05, 4.69) is 31.9 Å². The molecule has 6 heteroatoms. The van der Waals surface area contributed by atoms with E-state index in [1.54, 1.807) is 22.5 Å². The molecule has 2 aliphatic carbocycles. The van der Waals surface area contributed by atoms with Crippen LogP contribution in [0.2, 0.25) is 0 Å². The van der Waals surface area contributed by atoms with Crippen LogP contribution < -0.4 is 0 Å². The molecule has 0 radical (unpaired) electrons. The second kappa shape index (κ2) is 5.71. The fourth-order valence-corrected chi connectivity index (χ4v) is 5.57. The highest BCUT2D eigenvalue weighted by Gasteiger charge is 2.36. The largest absolute Gasteiger partial charge is 0.244 e. The fourth-order valence-electron chi connectivity index (χ4n) is 2.27. The van der Waals surface area contributed by atoms with Gasteiger partial charge in [0.15, 0.2) is 0 Å². The molecule has 0 bridgehead atoms. The summed E-state index contributed by atoms with van der Waals surface area (Å²) in [5, 5.41) is 0. The van der Waals surface area contributed by atoms with E-state index in [9.17, 15) is 8.42 Å². The number of rotatable bonds is 6. The van der Waals surface area contributed by atoms with E-state index in [0.717, 1.165) is 30.2 Å². The molecule has 0 aliphatic heterocycles. The predicted octanol–water partition coefficient (Wildman–Crippen LogP) is 4.02. The minimum Gasteiger partial charge on any atom is -0.207 e. The van der Waals surface area contributed by atoms with Crippen LogP contribution in [0.15, 0.2) is 32.0 Å². The van der Waals surface area contributed by atoms with Crippen LogP contribution in [0.3, 0.4) is 0 Å².